The van der Waals surface area contributed by atoms with Crippen molar-refractivity contribution in [2.24, 2.45) is 0 Å². The first-order valence-electron chi connectivity index (χ1n) is 5.85. The summed E-state index contributed by atoms with van der Waals surface area (Å²) in [6.45, 7) is 0. The van der Waals surface area contributed by atoms with E-state index in [4.69, 9.17) is 21.4 Å². The highest BCUT2D eigenvalue weighted by atomic mass is 35.5. The average Bonchev–Trinajstić information content (AvgIpc) is 2.42. The van der Waals surface area contributed by atoms with Crippen LogP contribution < -0.4 is 10.1 Å². The summed E-state index contributed by atoms with van der Waals surface area (Å²) in [5.41, 5.74) is 0.257. The molecule has 2 N–H and O–H groups in total. The number of rotatable bonds is 7. The molecule has 0 aliphatic heterocycles. The maximum Gasteiger partial charge on any atom is 0.326 e. The van der Waals surface area contributed by atoms with Crippen molar-refractivity contribution >= 4 is 35.2 Å². The van der Waals surface area contributed by atoms with Gasteiger partial charge in [0.1, 0.15) is 11.8 Å². The number of carbonyl (C=O) groups excluding carboxylic acids is 1. The smallest absolute Gasteiger partial charge is 0.326 e. The van der Waals surface area contributed by atoms with Gasteiger partial charge in [0.15, 0.2) is 0 Å². The molecule has 5 nitrogen and oxygen atoms in total. The number of halogens is 1. The zero-order valence-corrected chi connectivity index (χ0v) is 12.8. The second-order valence-corrected chi connectivity index (χ2v) is 5.41. The fraction of sp³-hybridized carbons (Fsp3) is 0.385. The van der Waals surface area contributed by atoms with Crippen molar-refractivity contribution in [3.05, 3.63) is 28.8 Å². The molecule has 0 saturated carbocycles. The number of carboxylic acid groups (broad SMARTS) is 1. The first-order valence-corrected chi connectivity index (χ1v) is 7.63. The van der Waals surface area contributed by atoms with E-state index in [0.717, 1.165) is 0 Å². The van der Waals surface area contributed by atoms with E-state index in [1.165, 1.54) is 31.0 Å². The highest BCUT2D eigenvalue weighted by Gasteiger charge is 2.22. The van der Waals surface area contributed by atoms with Gasteiger partial charge < -0.3 is 15.2 Å². The Balaban J connectivity index is 2.86. The summed E-state index contributed by atoms with van der Waals surface area (Å²) in [6.07, 6.45) is 2.24. The minimum Gasteiger partial charge on any atom is -0.496 e. The molecule has 1 aromatic rings. The standard InChI is InChI=1S/C13H16ClNO4S/c1-19-11-7-8(14)3-4-9(11)12(16)15-10(13(17)18)5-6-20-2/h3-4,7,10H,5-6H2,1-2H3,(H,15,16)(H,17,18)/t10-/m0/s1. The molecule has 0 aliphatic rings. The average molecular weight is 318 g/mol. The zero-order valence-electron chi connectivity index (χ0n) is 11.2. The predicted octanol–water partition coefficient (Wildman–Crippen LogP) is 2.28. The summed E-state index contributed by atoms with van der Waals surface area (Å²) in [5.74, 6) is -0.592. The molecular weight excluding hydrogens is 302 g/mol. The van der Waals surface area contributed by atoms with Crippen molar-refractivity contribution in [1.82, 2.24) is 5.32 Å². The van der Waals surface area contributed by atoms with Crippen molar-refractivity contribution < 1.29 is 19.4 Å². The Kier molecular flexibility index (Phi) is 6.67. The number of benzene rings is 1. The molecule has 1 atom stereocenters. The van der Waals surface area contributed by atoms with Crippen LogP contribution in [0.4, 0.5) is 0 Å². The summed E-state index contributed by atoms with van der Waals surface area (Å²) >= 11 is 7.34. The van der Waals surface area contributed by atoms with E-state index in [1.54, 1.807) is 6.07 Å². The minimum atomic E-state index is -1.06. The van der Waals surface area contributed by atoms with Crippen molar-refractivity contribution in [3.63, 3.8) is 0 Å². The van der Waals surface area contributed by atoms with Crippen LogP contribution in [0.5, 0.6) is 5.75 Å². The van der Waals surface area contributed by atoms with Gasteiger partial charge in [0.05, 0.1) is 12.7 Å². The molecule has 0 radical (unpaired) electrons. The molecule has 1 rings (SSSR count). The molecule has 110 valence electrons. The van der Waals surface area contributed by atoms with Gasteiger partial charge in [-0.25, -0.2) is 4.79 Å². The fourth-order valence-electron chi connectivity index (χ4n) is 1.58. The summed E-state index contributed by atoms with van der Waals surface area (Å²) in [5, 5.41) is 12.0. The van der Waals surface area contributed by atoms with Crippen LogP contribution in [0.1, 0.15) is 16.8 Å². The lowest BCUT2D eigenvalue weighted by Gasteiger charge is -2.15. The van der Waals surface area contributed by atoms with Crippen molar-refractivity contribution in [2.45, 2.75) is 12.5 Å². The monoisotopic (exact) mass is 317 g/mol. The molecule has 0 spiro atoms. The topological polar surface area (TPSA) is 75.6 Å². The third kappa shape index (κ3) is 4.61. The van der Waals surface area contributed by atoms with Gasteiger partial charge in [-0.05, 0) is 36.6 Å². The molecule has 0 unspecified atom stereocenters. The van der Waals surface area contributed by atoms with Gasteiger partial charge in [-0.1, -0.05) is 11.6 Å². The Bertz CT molecular complexity index is 495. The van der Waals surface area contributed by atoms with E-state index < -0.39 is 17.9 Å². The van der Waals surface area contributed by atoms with E-state index in [0.29, 0.717) is 22.9 Å². The quantitative estimate of drug-likeness (QED) is 0.807. The molecule has 1 aromatic carbocycles. The lowest BCUT2D eigenvalue weighted by Crippen LogP contribution is -2.41. The Morgan fingerprint density at radius 2 is 2.20 bits per heavy atom. The molecular formula is C13H16ClNO4S. The Labute approximate surface area is 126 Å². The largest absolute Gasteiger partial charge is 0.496 e. The van der Waals surface area contributed by atoms with Crippen LogP contribution in [0.15, 0.2) is 18.2 Å². The number of amides is 1. The van der Waals surface area contributed by atoms with Crippen LogP contribution in [-0.4, -0.2) is 42.1 Å². The number of hydrogen-bond acceptors (Lipinski definition) is 4. The molecule has 0 heterocycles. The van der Waals surface area contributed by atoms with Crippen LogP contribution in [0.3, 0.4) is 0 Å². The third-order valence-corrected chi connectivity index (χ3v) is 3.50. The zero-order chi connectivity index (χ0) is 15.1. The van der Waals surface area contributed by atoms with Gasteiger partial charge in [0.25, 0.3) is 5.91 Å². The lowest BCUT2D eigenvalue weighted by atomic mass is 10.1. The molecule has 0 fully saturated rings. The molecule has 0 aliphatic carbocycles. The number of ether oxygens (including phenoxy) is 1. The molecule has 0 aromatic heterocycles. The summed E-state index contributed by atoms with van der Waals surface area (Å²) in [4.78, 5) is 23.2. The van der Waals surface area contributed by atoms with Gasteiger partial charge in [-0.2, -0.15) is 11.8 Å². The number of carboxylic acids is 1. The molecule has 7 heteroatoms. The van der Waals surface area contributed by atoms with Gasteiger partial charge >= 0.3 is 5.97 Å². The number of aliphatic carboxylic acids is 1. The van der Waals surface area contributed by atoms with Crippen molar-refractivity contribution in [2.75, 3.05) is 19.1 Å². The van der Waals surface area contributed by atoms with E-state index in [1.807, 2.05) is 6.26 Å². The third-order valence-electron chi connectivity index (χ3n) is 2.62. The Morgan fingerprint density at radius 3 is 2.75 bits per heavy atom. The fourth-order valence-corrected chi connectivity index (χ4v) is 2.22. The second kappa shape index (κ2) is 8.01. The highest BCUT2D eigenvalue weighted by molar-refractivity contribution is 7.98. The molecule has 0 saturated heterocycles. The van der Waals surface area contributed by atoms with Gasteiger partial charge in [-0.3, -0.25) is 4.79 Å². The predicted molar refractivity (Wildman–Crippen MR) is 79.9 cm³/mol. The van der Waals surface area contributed by atoms with Gasteiger partial charge in [0, 0.05) is 5.02 Å². The van der Waals surface area contributed by atoms with E-state index in [9.17, 15) is 9.59 Å². The first-order chi connectivity index (χ1) is 9.49. The van der Waals surface area contributed by atoms with Crippen molar-refractivity contribution in [3.8, 4) is 5.75 Å². The molecule has 0 bridgehead atoms. The van der Waals surface area contributed by atoms with Crippen LogP contribution in [0, 0.1) is 0 Å². The van der Waals surface area contributed by atoms with Gasteiger partial charge in [-0.15, -0.1) is 0 Å². The summed E-state index contributed by atoms with van der Waals surface area (Å²) in [7, 11) is 1.42. The lowest BCUT2D eigenvalue weighted by molar-refractivity contribution is -0.139. The number of methoxy groups -OCH3 is 1. The van der Waals surface area contributed by atoms with Crippen LogP contribution in [-0.2, 0) is 4.79 Å². The normalized spacial score (nSPS) is 11.8. The minimum absolute atomic E-state index is 0.257. The van der Waals surface area contributed by atoms with Crippen LogP contribution >= 0.6 is 23.4 Å². The molecule has 20 heavy (non-hydrogen) atoms. The van der Waals surface area contributed by atoms with Crippen molar-refractivity contribution in [1.29, 1.82) is 0 Å². The maximum atomic E-state index is 12.1. The van der Waals surface area contributed by atoms with Crippen LogP contribution in [0.25, 0.3) is 0 Å². The number of carbonyl (C=O) groups is 2. The van der Waals surface area contributed by atoms with E-state index >= 15 is 0 Å². The summed E-state index contributed by atoms with van der Waals surface area (Å²) < 4.78 is 5.07. The second-order valence-electron chi connectivity index (χ2n) is 3.99. The number of thioether (sulfide) groups is 1. The van der Waals surface area contributed by atoms with Gasteiger partial charge in [0.2, 0.25) is 0 Å². The number of hydrogen-bond donors (Lipinski definition) is 2. The first kappa shape index (κ1) is 16.7. The molecule has 1 amide bonds. The van der Waals surface area contributed by atoms with Crippen LogP contribution in [0.2, 0.25) is 5.02 Å². The Morgan fingerprint density at radius 1 is 1.50 bits per heavy atom. The maximum absolute atomic E-state index is 12.1. The highest BCUT2D eigenvalue weighted by Crippen LogP contribution is 2.23. The van der Waals surface area contributed by atoms with E-state index in [-0.39, 0.29) is 5.56 Å². The Hall–Kier alpha value is -1.40. The SMILES string of the molecule is COc1cc(Cl)ccc1C(=O)N[C@@H](CCSC)C(=O)O. The summed E-state index contributed by atoms with van der Waals surface area (Å²) in [6, 6.07) is 3.64. The van der Waals surface area contributed by atoms with E-state index in [2.05, 4.69) is 5.32 Å². The number of nitrogens with one attached hydrogen (secondary N) is 1.